The first-order chi connectivity index (χ1) is 15.8. The number of carbonyl (C=O) groups is 3. The highest BCUT2D eigenvalue weighted by molar-refractivity contribution is 7.86. The molecular formula is C23H25F2N3O4S. The van der Waals surface area contributed by atoms with Crippen LogP contribution in [0.25, 0.3) is 0 Å². The van der Waals surface area contributed by atoms with Gasteiger partial charge in [-0.3, -0.25) is 18.6 Å². The van der Waals surface area contributed by atoms with Crippen molar-refractivity contribution in [2.45, 2.75) is 31.7 Å². The molecule has 3 rings (SSSR count). The molecule has 2 aromatic rings. The molecule has 1 aliphatic carbocycles. The van der Waals surface area contributed by atoms with E-state index in [-0.39, 0.29) is 24.2 Å². The lowest BCUT2D eigenvalue weighted by Gasteiger charge is -2.23. The Bertz CT molecular complexity index is 1010. The Morgan fingerprint density at radius 1 is 0.879 bits per heavy atom. The van der Waals surface area contributed by atoms with Crippen LogP contribution in [0.1, 0.15) is 25.7 Å². The lowest BCUT2D eigenvalue weighted by molar-refractivity contribution is -0.123. The zero-order valence-corrected chi connectivity index (χ0v) is 18.7. The number of hydrogen-bond donors (Lipinski definition) is 2. The lowest BCUT2D eigenvalue weighted by atomic mass is 10.2. The number of amides is 3. The van der Waals surface area contributed by atoms with Gasteiger partial charge in [0.05, 0.1) is 0 Å². The molecular weight excluding hydrogens is 452 g/mol. The number of anilines is 2. The van der Waals surface area contributed by atoms with E-state index in [0.29, 0.717) is 5.69 Å². The smallest absolute Gasteiger partial charge is 0.240 e. The van der Waals surface area contributed by atoms with Crippen LogP contribution in [0, 0.1) is 11.6 Å². The largest absolute Gasteiger partial charge is 0.352 e. The van der Waals surface area contributed by atoms with Crippen LogP contribution in [0.2, 0.25) is 0 Å². The number of hydrogen-bond acceptors (Lipinski definition) is 4. The average molecular weight is 478 g/mol. The van der Waals surface area contributed by atoms with Crippen molar-refractivity contribution in [3.63, 3.8) is 0 Å². The summed E-state index contributed by atoms with van der Waals surface area (Å²) >= 11 is 0. The third kappa shape index (κ3) is 7.74. The maximum absolute atomic E-state index is 13.3. The van der Waals surface area contributed by atoms with E-state index in [1.165, 1.54) is 36.4 Å². The normalized spacial score (nSPS) is 14.5. The lowest BCUT2D eigenvalue weighted by Crippen LogP contribution is -2.45. The van der Waals surface area contributed by atoms with E-state index in [1.807, 2.05) is 0 Å². The van der Waals surface area contributed by atoms with Gasteiger partial charge in [0, 0.05) is 28.2 Å². The maximum Gasteiger partial charge on any atom is 0.240 e. The van der Waals surface area contributed by atoms with E-state index in [4.69, 9.17) is 0 Å². The molecule has 7 nitrogen and oxygen atoms in total. The molecule has 0 radical (unpaired) electrons. The second-order valence-corrected chi connectivity index (χ2v) is 9.25. The summed E-state index contributed by atoms with van der Waals surface area (Å²) in [5, 5.41) is 5.37. The predicted octanol–water partition coefficient (Wildman–Crippen LogP) is 2.74. The zero-order chi connectivity index (χ0) is 23.8. The van der Waals surface area contributed by atoms with Crippen LogP contribution < -0.4 is 15.5 Å². The number of halogens is 2. The Balaban J connectivity index is 1.61. The molecule has 3 amide bonds. The maximum atomic E-state index is 13.3. The number of carbonyl (C=O) groups excluding carboxylic acids is 3. The van der Waals surface area contributed by atoms with E-state index in [2.05, 4.69) is 10.6 Å². The van der Waals surface area contributed by atoms with E-state index in [9.17, 15) is 27.4 Å². The highest BCUT2D eigenvalue weighted by Gasteiger charge is 2.24. The third-order valence-corrected chi connectivity index (χ3v) is 6.32. The molecule has 1 saturated carbocycles. The Morgan fingerprint density at radius 2 is 1.45 bits per heavy atom. The third-order valence-electron chi connectivity index (χ3n) is 5.17. The van der Waals surface area contributed by atoms with Crippen molar-refractivity contribution in [1.29, 1.82) is 0 Å². The molecule has 0 saturated heterocycles. The van der Waals surface area contributed by atoms with Gasteiger partial charge in [0.15, 0.2) is 0 Å². The Kier molecular flexibility index (Phi) is 8.65. The summed E-state index contributed by atoms with van der Waals surface area (Å²) in [6, 6.07) is 10.2. The van der Waals surface area contributed by atoms with Gasteiger partial charge in [0.25, 0.3) is 0 Å². The number of benzene rings is 2. The van der Waals surface area contributed by atoms with Gasteiger partial charge in [0.1, 0.15) is 29.7 Å². The van der Waals surface area contributed by atoms with Crippen molar-refractivity contribution in [3.05, 3.63) is 60.2 Å². The fourth-order valence-electron chi connectivity index (χ4n) is 3.57. The van der Waals surface area contributed by atoms with E-state index in [0.717, 1.165) is 42.7 Å². The fourth-order valence-corrected chi connectivity index (χ4v) is 4.47. The second kappa shape index (κ2) is 11.6. The van der Waals surface area contributed by atoms with Gasteiger partial charge >= 0.3 is 0 Å². The molecule has 0 bridgehead atoms. The molecule has 1 atom stereocenters. The summed E-state index contributed by atoms with van der Waals surface area (Å²) in [6.07, 6.45) is 3.82. The quantitative estimate of drug-likeness (QED) is 0.581. The minimum atomic E-state index is -1.86. The van der Waals surface area contributed by atoms with E-state index >= 15 is 0 Å². The molecule has 10 heteroatoms. The Hall–Kier alpha value is -3.14. The van der Waals surface area contributed by atoms with Crippen molar-refractivity contribution >= 4 is 39.9 Å². The van der Waals surface area contributed by atoms with Crippen molar-refractivity contribution in [2.75, 3.05) is 28.3 Å². The molecule has 2 N–H and O–H groups in total. The first-order valence-electron chi connectivity index (χ1n) is 10.6. The van der Waals surface area contributed by atoms with E-state index in [1.54, 1.807) is 0 Å². The molecule has 33 heavy (non-hydrogen) atoms. The first kappa shape index (κ1) is 24.5. The minimum absolute atomic E-state index is 0.0620. The summed E-state index contributed by atoms with van der Waals surface area (Å²) in [6.45, 7) is -0.306. The monoisotopic (exact) mass is 477 g/mol. The molecule has 2 aromatic carbocycles. The van der Waals surface area contributed by atoms with Crippen molar-refractivity contribution in [3.8, 4) is 0 Å². The SMILES string of the molecule is O=C(C[S@@](=O)CC(=O)N(CC(=O)NC1CCCC1)c1ccc(F)cc1)Nc1ccc(F)cc1. The molecule has 0 heterocycles. The Labute approximate surface area is 193 Å². The summed E-state index contributed by atoms with van der Waals surface area (Å²) in [7, 11) is -1.86. The van der Waals surface area contributed by atoms with Crippen molar-refractivity contribution in [2.24, 2.45) is 0 Å². The summed E-state index contributed by atoms with van der Waals surface area (Å²) in [4.78, 5) is 38.6. The van der Waals surface area contributed by atoms with Gasteiger partial charge in [-0.2, -0.15) is 0 Å². The molecule has 0 aromatic heterocycles. The predicted molar refractivity (Wildman–Crippen MR) is 122 cm³/mol. The molecule has 1 fully saturated rings. The molecule has 0 unspecified atom stereocenters. The van der Waals surface area contributed by atoms with Crippen LogP contribution in [0.15, 0.2) is 48.5 Å². The Morgan fingerprint density at radius 3 is 2.06 bits per heavy atom. The number of nitrogens with zero attached hydrogens (tertiary/aromatic N) is 1. The standard InChI is InChI=1S/C23H25F2N3O4S/c24-16-5-9-19(10-6-16)27-22(30)14-33(32)15-23(31)28(20-11-7-17(25)8-12-20)13-21(29)26-18-3-1-2-4-18/h5-12,18H,1-4,13-15H2,(H,26,29)(H,27,30)/t33-/m1/s1. The van der Waals surface area contributed by atoms with E-state index < -0.39 is 45.8 Å². The fraction of sp³-hybridized carbons (Fsp3) is 0.348. The van der Waals surface area contributed by atoms with Crippen LogP contribution in [-0.4, -0.2) is 46.0 Å². The van der Waals surface area contributed by atoms with Crippen LogP contribution in [0.3, 0.4) is 0 Å². The second-order valence-electron chi connectivity index (χ2n) is 7.79. The first-order valence-corrected chi connectivity index (χ1v) is 12.0. The highest BCUT2D eigenvalue weighted by Crippen LogP contribution is 2.19. The number of nitrogens with one attached hydrogen (secondary N) is 2. The van der Waals surface area contributed by atoms with Gasteiger partial charge in [0.2, 0.25) is 17.7 Å². The van der Waals surface area contributed by atoms with Gasteiger partial charge < -0.3 is 15.5 Å². The zero-order valence-electron chi connectivity index (χ0n) is 17.9. The summed E-state index contributed by atoms with van der Waals surface area (Å²) < 4.78 is 38.8. The van der Waals surface area contributed by atoms with Crippen molar-refractivity contribution < 1.29 is 27.4 Å². The minimum Gasteiger partial charge on any atom is -0.352 e. The average Bonchev–Trinajstić information content (AvgIpc) is 3.27. The van der Waals surface area contributed by atoms with Gasteiger partial charge in [-0.1, -0.05) is 12.8 Å². The van der Waals surface area contributed by atoms with Crippen LogP contribution in [0.4, 0.5) is 20.2 Å². The topological polar surface area (TPSA) is 95.6 Å². The van der Waals surface area contributed by atoms with Crippen LogP contribution in [0.5, 0.6) is 0 Å². The summed E-state index contributed by atoms with van der Waals surface area (Å²) in [5.41, 5.74) is 0.622. The number of rotatable bonds is 9. The molecule has 176 valence electrons. The van der Waals surface area contributed by atoms with Gasteiger partial charge in [-0.15, -0.1) is 0 Å². The highest BCUT2D eigenvalue weighted by atomic mass is 32.2. The van der Waals surface area contributed by atoms with Gasteiger partial charge in [-0.25, -0.2) is 8.78 Å². The van der Waals surface area contributed by atoms with Crippen molar-refractivity contribution in [1.82, 2.24) is 5.32 Å². The summed E-state index contributed by atoms with van der Waals surface area (Å²) in [5.74, 6) is -3.49. The van der Waals surface area contributed by atoms with Gasteiger partial charge in [-0.05, 0) is 61.4 Å². The molecule has 0 spiro atoms. The molecule has 1 aliphatic rings. The molecule has 0 aliphatic heterocycles. The van der Waals surface area contributed by atoms with Crippen LogP contribution >= 0.6 is 0 Å². The van der Waals surface area contributed by atoms with Crippen LogP contribution in [-0.2, 0) is 25.2 Å².